The van der Waals surface area contributed by atoms with Crippen molar-refractivity contribution in [1.29, 1.82) is 5.26 Å². The Kier molecular flexibility index (Phi) is 5.18. The summed E-state index contributed by atoms with van der Waals surface area (Å²) in [5.41, 5.74) is 5.00. The molecule has 0 atom stereocenters. The Bertz CT molecular complexity index is 1010. The number of likely N-dealkylation sites (N-methyl/N-ethyl adjacent to an activating group) is 1. The van der Waals surface area contributed by atoms with Crippen LogP contribution < -0.4 is 4.90 Å². The highest BCUT2D eigenvalue weighted by Crippen LogP contribution is 2.40. The zero-order valence-electron chi connectivity index (χ0n) is 15.2. The van der Waals surface area contributed by atoms with Crippen LogP contribution in [0.2, 0.25) is 0 Å². The zero-order chi connectivity index (χ0) is 19.4. The molecule has 0 amide bonds. The Labute approximate surface area is 158 Å². The number of nitriles is 1. The topological polar surface area (TPSA) is 70.2 Å². The fourth-order valence-corrected chi connectivity index (χ4v) is 3.28. The maximum atomic E-state index is 10.9. The monoisotopic (exact) mass is 357 g/mol. The van der Waals surface area contributed by atoms with Gasteiger partial charge in [-0.3, -0.25) is 10.1 Å². The number of anilines is 1. The van der Waals surface area contributed by atoms with Crippen molar-refractivity contribution in [2.45, 2.75) is 13.8 Å². The van der Waals surface area contributed by atoms with Crippen LogP contribution in [0.15, 0.2) is 72.5 Å². The van der Waals surface area contributed by atoms with E-state index in [0.717, 1.165) is 29.1 Å². The average Bonchev–Trinajstić information content (AvgIpc) is 2.69. The molecule has 0 N–H and O–H groups in total. The molecule has 0 aromatic heterocycles. The van der Waals surface area contributed by atoms with Gasteiger partial charge in [-0.05, 0) is 49.8 Å². The van der Waals surface area contributed by atoms with Gasteiger partial charge >= 0.3 is 0 Å². The van der Waals surface area contributed by atoms with Gasteiger partial charge in [0.25, 0.3) is 5.69 Å². The third kappa shape index (κ3) is 3.38. The number of rotatable bonds is 4. The molecule has 1 aliphatic heterocycles. The first-order valence-corrected chi connectivity index (χ1v) is 8.71. The number of fused-ring (bicyclic) bond motifs is 1. The molecule has 1 aliphatic rings. The quantitative estimate of drug-likeness (QED) is 0.421. The summed E-state index contributed by atoms with van der Waals surface area (Å²) < 4.78 is 0. The Morgan fingerprint density at radius 3 is 2.52 bits per heavy atom. The predicted molar refractivity (Wildman–Crippen MR) is 108 cm³/mol. The lowest BCUT2D eigenvalue weighted by atomic mass is 9.90. The molecule has 0 spiro atoms. The number of nitrogens with zero attached hydrogens (tertiary/aromatic N) is 3. The summed E-state index contributed by atoms with van der Waals surface area (Å²) in [6.45, 7) is 4.85. The molecule has 0 radical (unpaired) electrons. The lowest BCUT2D eigenvalue weighted by molar-refractivity contribution is -0.384. The second kappa shape index (κ2) is 7.71. The molecule has 0 saturated carbocycles. The summed E-state index contributed by atoms with van der Waals surface area (Å²) in [5, 5.41) is 20.8. The molecule has 0 fully saturated rings. The van der Waals surface area contributed by atoms with Gasteiger partial charge < -0.3 is 4.90 Å². The second-order valence-corrected chi connectivity index (χ2v) is 6.04. The first-order chi connectivity index (χ1) is 13.1. The van der Waals surface area contributed by atoms with Crippen LogP contribution in [0.4, 0.5) is 11.4 Å². The molecule has 0 bridgehead atoms. The van der Waals surface area contributed by atoms with E-state index in [1.165, 1.54) is 12.1 Å². The predicted octanol–water partition coefficient (Wildman–Crippen LogP) is 5.33. The minimum atomic E-state index is -0.442. The van der Waals surface area contributed by atoms with Crippen molar-refractivity contribution in [3.05, 3.63) is 93.7 Å². The van der Waals surface area contributed by atoms with Crippen LogP contribution in [0.25, 0.3) is 11.1 Å². The van der Waals surface area contributed by atoms with E-state index in [0.29, 0.717) is 11.1 Å². The van der Waals surface area contributed by atoms with E-state index in [1.54, 1.807) is 12.1 Å². The van der Waals surface area contributed by atoms with E-state index in [1.807, 2.05) is 49.4 Å². The highest BCUT2D eigenvalue weighted by molar-refractivity contribution is 6.05. The number of allylic oxidation sites excluding steroid dienone is 5. The van der Waals surface area contributed by atoms with Gasteiger partial charge in [0.15, 0.2) is 0 Å². The van der Waals surface area contributed by atoms with Crippen molar-refractivity contribution in [1.82, 2.24) is 0 Å². The number of para-hydroxylation sites is 1. The van der Waals surface area contributed by atoms with E-state index < -0.39 is 4.92 Å². The zero-order valence-corrected chi connectivity index (χ0v) is 15.2. The number of benzene rings is 2. The third-order valence-electron chi connectivity index (χ3n) is 4.49. The molecule has 134 valence electrons. The first-order valence-electron chi connectivity index (χ1n) is 8.71. The van der Waals surface area contributed by atoms with Gasteiger partial charge in [0.1, 0.15) is 6.07 Å². The highest BCUT2D eigenvalue weighted by atomic mass is 16.6. The lowest BCUT2D eigenvalue weighted by Gasteiger charge is -2.32. The Hall–Kier alpha value is -3.65. The van der Waals surface area contributed by atoms with Crippen LogP contribution in [0.1, 0.15) is 25.0 Å². The van der Waals surface area contributed by atoms with E-state index >= 15 is 0 Å². The van der Waals surface area contributed by atoms with Crippen molar-refractivity contribution >= 4 is 22.5 Å². The molecule has 0 aliphatic carbocycles. The third-order valence-corrected chi connectivity index (χ3v) is 4.49. The van der Waals surface area contributed by atoms with Gasteiger partial charge in [-0.15, -0.1) is 0 Å². The van der Waals surface area contributed by atoms with Gasteiger partial charge in [0, 0.05) is 41.2 Å². The fraction of sp³-hybridized carbons (Fsp3) is 0.136. The Morgan fingerprint density at radius 2 is 1.93 bits per heavy atom. The van der Waals surface area contributed by atoms with Gasteiger partial charge in [0.05, 0.1) is 10.5 Å². The van der Waals surface area contributed by atoms with Gasteiger partial charge in [0.2, 0.25) is 0 Å². The highest BCUT2D eigenvalue weighted by Gasteiger charge is 2.23. The minimum absolute atomic E-state index is 0.00684. The molecule has 0 saturated heterocycles. The van der Waals surface area contributed by atoms with Crippen molar-refractivity contribution in [2.24, 2.45) is 0 Å². The summed E-state index contributed by atoms with van der Waals surface area (Å²) in [6.07, 6.45) is 5.99. The molecule has 2 aromatic rings. The summed E-state index contributed by atoms with van der Waals surface area (Å²) in [5.74, 6) is 0. The summed E-state index contributed by atoms with van der Waals surface area (Å²) in [4.78, 5) is 12.7. The molecular formula is C22H19N3O2. The van der Waals surface area contributed by atoms with Crippen LogP contribution in [0.5, 0.6) is 0 Å². The Morgan fingerprint density at radius 1 is 1.22 bits per heavy atom. The SMILES string of the molecule is C/C=C/C1=CC(=C(/C#N)c2ccc([N+](=O)[O-])cc2)/c2ccccc2N1CC. The number of hydrogen-bond donors (Lipinski definition) is 0. The second-order valence-electron chi connectivity index (χ2n) is 6.04. The maximum absolute atomic E-state index is 10.9. The molecule has 3 rings (SSSR count). The van der Waals surface area contributed by atoms with Crippen LogP contribution in [0, 0.1) is 21.4 Å². The molecule has 0 unspecified atom stereocenters. The largest absolute Gasteiger partial charge is 0.341 e. The molecule has 5 nitrogen and oxygen atoms in total. The average molecular weight is 357 g/mol. The van der Waals surface area contributed by atoms with Crippen LogP contribution in [-0.4, -0.2) is 11.5 Å². The molecule has 5 heteroatoms. The van der Waals surface area contributed by atoms with Gasteiger partial charge in [-0.2, -0.15) is 5.26 Å². The standard InChI is InChI=1S/C22H19N3O2/c1-3-7-18-14-20(19-8-5-6-9-22(19)24(18)4-2)21(15-23)16-10-12-17(13-11-16)25(26)27/h3,5-14H,4H2,1-2H3/b7-3+,21-20+. The van der Waals surface area contributed by atoms with Crippen molar-refractivity contribution in [3.8, 4) is 6.07 Å². The smallest absolute Gasteiger partial charge is 0.269 e. The fourth-order valence-electron chi connectivity index (χ4n) is 3.28. The van der Waals surface area contributed by atoms with E-state index in [4.69, 9.17) is 0 Å². The van der Waals surface area contributed by atoms with E-state index in [2.05, 4.69) is 17.9 Å². The number of hydrogen-bond acceptors (Lipinski definition) is 4. The van der Waals surface area contributed by atoms with Gasteiger partial charge in [-0.1, -0.05) is 24.3 Å². The summed E-state index contributed by atoms with van der Waals surface area (Å²) >= 11 is 0. The first kappa shape index (κ1) is 18.2. The number of nitro groups is 1. The van der Waals surface area contributed by atoms with Crippen molar-refractivity contribution in [3.63, 3.8) is 0 Å². The molecule has 27 heavy (non-hydrogen) atoms. The minimum Gasteiger partial charge on any atom is -0.341 e. The normalized spacial score (nSPS) is 15.1. The number of nitro benzene ring substituents is 1. The van der Waals surface area contributed by atoms with Crippen LogP contribution >= 0.6 is 0 Å². The van der Waals surface area contributed by atoms with Crippen LogP contribution in [-0.2, 0) is 0 Å². The molecular weight excluding hydrogens is 338 g/mol. The maximum Gasteiger partial charge on any atom is 0.269 e. The summed E-state index contributed by atoms with van der Waals surface area (Å²) in [6, 6.07) is 16.4. The Balaban J connectivity index is 2.25. The van der Waals surface area contributed by atoms with Crippen LogP contribution in [0.3, 0.4) is 0 Å². The molecule has 2 aromatic carbocycles. The number of non-ortho nitro benzene ring substituents is 1. The van der Waals surface area contributed by atoms with E-state index in [-0.39, 0.29) is 5.69 Å². The molecule has 1 heterocycles. The van der Waals surface area contributed by atoms with Crippen molar-refractivity contribution < 1.29 is 4.92 Å². The lowest BCUT2D eigenvalue weighted by Crippen LogP contribution is -2.24. The van der Waals surface area contributed by atoms with E-state index in [9.17, 15) is 15.4 Å². The van der Waals surface area contributed by atoms with Gasteiger partial charge in [-0.25, -0.2) is 0 Å². The summed E-state index contributed by atoms with van der Waals surface area (Å²) in [7, 11) is 0. The van der Waals surface area contributed by atoms with Crippen molar-refractivity contribution in [2.75, 3.05) is 11.4 Å².